The van der Waals surface area contributed by atoms with Crippen LogP contribution >= 0.6 is 0 Å². The fourth-order valence-corrected chi connectivity index (χ4v) is 2.02. The van der Waals surface area contributed by atoms with Crippen LogP contribution in [0.5, 0.6) is 0 Å². The van der Waals surface area contributed by atoms with Crippen molar-refractivity contribution >= 4 is 5.95 Å². The van der Waals surface area contributed by atoms with Gasteiger partial charge >= 0.3 is 0 Å². The van der Waals surface area contributed by atoms with Gasteiger partial charge in [-0.3, -0.25) is 0 Å². The highest BCUT2D eigenvalue weighted by Crippen LogP contribution is 2.20. The molecule has 0 atom stereocenters. The molecule has 0 amide bonds. The summed E-state index contributed by atoms with van der Waals surface area (Å²) >= 11 is 0. The van der Waals surface area contributed by atoms with E-state index in [4.69, 9.17) is 5.73 Å². The van der Waals surface area contributed by atoms with Gasteiger partial charge in [-0.1, -0.05) is 20.8 Å². The summed E-state index contributed by atoms with van der Waals surface area (Å²) in [5.41, 5.74) is 6.97. The first-order chi connectivity index (χ1) is 7.89. The predicted molar refractivity (Wildman–Crippen MR) is 73.4 cm³/mol. The molecule has 0 aliphatic rings. The standard InChI is InChI=1S/C13H26N4/c1-6-7-17-8-11(2)15-12(17)16(5)10-13(3,4)9-14/h8H,6-7,9-10,14H2,1-5H3. The second-order valence-corrected chi connectivity index (χ2v) is 5.60. The maximum atomic E-state index is 5.78. The monoisotopic (exact) mass is 238 g/mol. The van der Waals surface area contributed by atoms with E-state index >= 15 is 0 Å². The summed E-state index contributed by atoms with van der Waals surface area (Å²) in [5.74, 6) is 1.05. The zero-order chi connectivity index (χ0) is 13.1. The van der Waals surface area contributed by atoms with Crippen LogP contribution in [0.25, 0.3) is 0 Å². The summed E-state index contributed by atoms with van der Waals surface area (Å²) in [7, 11) is 2.09. The van der Waals surface area contributed by atoms with E-state index in [9.17, 15) is 0 Å². The number of nitrogens with zero attached hydrogens (tertiary/aromatic N) is 3. The SMILES string of the molecule is CCCn1cc(C)nc1N(C)CC(C)(C)CN. The average Bonchev–Trinajstić information content (AvgIpc) is 2.60. The topological polar surface area (TPSA) is 47.1 Å². The minimum Gasteiger partial charge on any atom is -0.345 e. The summed E-state index contributed by atoms with van der Waals surface area (Å²) < 4.78 is 2.22. The number of anilines is 1. The van der Waals surface area contributed by atoms with Gasteiger partial charge in [0.15, 0.2) is 0 Å². The van der Waals surface area contributed by atoms with Gasteiger partial charge in [0.05, 0.1) is 5.69 Å². The van der Waals surface area contributed by atoms with Crippen molar-refractivity contribution in [3.63, 3.8) is 0 Å². The second-order valence-electron chi connectivity index (χ2n) is 5.60. The van der Waals surface area contributed by atoms with Gasteiger partial charge < -0.3 is 15.2 Å². The van der Waals surface area contributed by atoms with Gasteiger partial charge in [0.2, 0.25) is 5.95 Å². The molecule has 0 saturated heterocycles. The number of aryl methyl sites for hydroxylation is 2. The highest BCUT2D eigenvalue weighted by atomic mass is 15.3. The number of imidazole rings is 1. The Morgan fingerprint density at radius 2 is 2.12 bits per heavy atom. The average molecular weight is 238 g/mol. The molecule has 0 spiro atoms. The number of aromatic nitrogens is 2. The molecule has 0 aromatic carbocycles. The Balaban J connectivity index is 2.84. The van der Waals surface area contributed by atoms with Crippen LogP contribution in [0.4, 0.5) is 5.95 Å². The Labute approximate surface area is 105 Å². The third kappa shape index (κ3) is 3.73. The zero-order valence-electron chi connectivity index (χ0n) is 11.8. The summed E-state index contributed by atoms with van der Waals surface area (Å²) in [6.45, 7) is 11.2. The van der Waals surface area contributed by atoms with Gasteiger partial charge in [-0.25, -0.2) is 4.98 Å². The molecule has 0 fully saturated rings. The van der Waals surface area contributed by atoms with E-state index in [2.05, 4.69) is 48.5 Å². The van der Waals surface area contributed by atoms with Gasteiger partial charge in [0.25, 0.3) is 0 Å². The molecule has 1 aromatic heterocycles. The number of rotatable bonds is 6. The molecule has 1 rings (SSSR count). The molecule has 0 saturated carbocycles. The first-order valence-electron chi connectivity index (χ1n) is 6.34. The van der Waals surface area contributed by atoms with Gasteiger partial charge in [0, 0.05) is 26.3 Å². The van der Waals surface area contributed by atoms with Crippen LogP contribution in [0.3, 0.4) is 0 Å². The molecular formula is C13H26N4. The largest absolute Gasteiger partial charge is 0.345 e. The fraction of sp³-hybridized carbons (Fsp3) is 0.769. The van der Waals surface area contributed by atoms with Gasteiger partial charge in [-0.15, -0.1) is 0 Å². The van der Waals surface area contributed by atoms with E-state index in [1.807, 2.05) is 6.92 Å². The van der Waals surface area contributed by atoms with Crippen LogP contribution in [0, 0.1) is 12.3 Å². The lowest BCUT2D eigenvalue weighted by molar-refractivity contribution is 0.381. The Morgan fingerprint density at radius 1 is 1.47 bits per heavy atom. The molecule has 17 heavy (non-hydrogen) atoms. The summed E-state index contributed by atoms with van der Waals surface area (Å²) in [6.07, 6.45) is 3.24. The van der Waals surface area contributed by atoms with Crippen LogP contribution in [0.15, 0.2) is 6.20 Å². The molecule has 1 heterocycles. The molecule has 0 aliphatic heterocycles. The molecule has 0 radical (unpaired) electrons. The van der Waals surface area contributed by atoms with E-state index < -0.39 is 0 Å². The van der Waals surface area contributed by atoms with Crippen molar-refractivity contribution in [2.45, 2.75) is 40.7 Å². The van der Waals surface area contributed by atoms with Crippen LogP contribution in [0.1, 0.15) is 32.9 Å². The molecule has 0 bridgehead atoms. The van der Waals surface area contributed by atoms with Crippen LogP contribution in [0.2, 0.25) is 0 Å². The van der Waals surface area contributed by atoms with Crippen molar-refractivity contribution in [3.8, 4) is 0 Å². The molecule has 0 unspecified atom stereocenters. The van der Waals surface area contributed by atoms with Gasteiger partial charge in [-0.2, -0.15) is 0 Å². The van der Waals surface area contributed by atoms with E-state index in [1.54, 1.807) is 0 Å². The first-order valence-corrected chi connectivity index (χ1v) is 6.34. The van der Waals surface area contributed by atoms with E-state index in [0.717, 1.165) is 31.2 Å². The van der Waals surface area contributed by atoms with Crippen molar-refractivity contribution in [1.29, 1.82) is 0 Å². The Morgan fingerprint density at radius 3 is 2.65 bits per heavy atom. The summed E-state index contributed by atoms with van der Waals surface area (Å²) in [5, 5.41) is 0. The summed E-state index contributed by atoms with van der Waals surface area (Å²) in [6, 6.07) is 0. The highest BCUT2D eigenvalue weighted by molar-refractivity contribution is 5.32. The molecule has 1 aromatic rings. The third-order valence-electron chi connectivity index (χ3n) is 2.90. The predicted octanol–water partition coefficient (Wildman–Crippen LogP) is 2.02. The quantitative estimate of drug-likeness (QED) is 0.825. The van der Waals surface area contributed by atoms with Gasteiger partial charge in [-0.05, 0) is 25.3 Å². The Kier molecular flexibility index (Phi) is 4.57. The number of nitrogens with two attached hydrogens (primary N) is 1. The smallest absolute Gasteiger partial charge is 0.205 e. The fourth-order valence-electron chi connectivity index (χ4n) is 2.02. The molecular weight excluding hydrogens is 212 g/mol. The lowest BCUT2D eigenvalue weighted by Crippen LogP contribution is -2.37. The van der Waals surface area contributed by atoms with Crippen LogP contribution < -0.4 is 10.6 Å². The van der Waals surface area contributed by atoms with Crippen molar-refractivity contribution < 1.29 is 0 Å². The minimum atomic E-state index is 0.117. The van der Waals surface area contributed by atoms with Crippen molar-refractivity contribution in [2.24, 2.45) is 11.1 Å². The molecule has 4 heteroatoms. The van der Waals surface area contributed by atoms with Crippen molar-refractivity contribution in [3.05, 3.63) is 11.9 Å². The maximum absolute atomic E-state index is 5.78. The molecule has 98 valence electrons. The Hall–Kier alpha value is -1.03. The van der Waals surface area contributed by atoms with Crippen molar-refractivity contribution in [2.75, 3.05) is 25.0 Å². The van der Waals surface area contributed by atoms with Gasteiger partial charge in [0.1, 0.15) is 0 Å². The number of hydrogen-bond acceptors (Lipinski definition) is 3. The van der Waals surface area contributed by atoms with E-state index in [0.29, 0.717) is 6.54 Å². The summed E-state index contributed by atoms with van der Waals surface area (Å²) in [4.78, 5) is 6.80. The molecule has 0 aliphatic carbocycles. The van der Waals surface area contributed by atoms with Crippen LogP contribution in [-0.2, 0) is 6.54 Å². The van der Waals surface area contributed by atoms with Crippen molar-refractivity contribution in [1.82, 2.24) is 9.55 Å². The first kappa shape index (κ1) is 14.0. The second kappa shape index (κ2) is 5.54. The normalized spacial score (nSPS) is 11.9. The molecule has 2 N–H and O–H groups in total. The molecule has 4 nitrogen and oxygen atoms in total. The number of hydrogen-bond donors (Lipinski definition) is 1. The van der Waals surface area contributed by atoms with Crippen LogP contribution in [-0.4, -0.2) is 29.7 Å². The maximum Gasteiger partial charge on any atom is 0.205 e. The third-order valence-corrected chi connectivity index (χ3v) is 2.90. The lowest BCUT2D eigenvalue weighted by Gasteiger charge is -2.30. The van der Waals surface area contributed by atoms with E-state index in [-0.39, 0.29) is 5.41 Å². The van der Waals surface area contributed by atoms with E-state index in [1.165, 1.54) is 0 Å². The highest BCUT2D eigenvalue weighted by Gasteiger charge is 2.20. The minimum absolute atomic E-state index is 0.117. The lowest BCUT2D eigenvalue weighted by atomic mass is 9.93. The zero-order valence-corrected chi connectivity index (χ0v) is 11.8. The Bertz CT molecular complexity index is 354.